The van der Waals surface area contributed by atoms with E-state index < -0.39 is 9.84 Å². The van der Waals surface area contributed by atoms with Gasteiger partial charge in [0.05, 0.1) is 6.61 Å². The molecule has 0 heterocycles. The summed E-state index contributed by atoms with van der Waals surface area (Å²) in [7, 11) is -3.46. The summed E-state index contributed by atoms with van der Waals surface area (Å²) >= 11 is 0. The summed E-state index contributed by atoms with van der Waals surface area (Å²) in [5.41, 5.74) is 0.649. The van der Waals surface area contributed by atoms with Gasteiger partial charge in [0.25, 0.3) is 0 Å². The van der Waals surface area contributed by atoms with Crippen LogP contribution in [0.5, 0.6) is 5.75 Å². The quantitative estimate of drug-likeness (QED) is 0.767. The van der Waals surface area contributed by atoms with Crippen molar-refractivity contribution in [3.8, 4) is 11.8 Å². The third-order valence-electron chi connectivity index (χ3n) is 2.00. The first-order valence-corrected chi connectivity index (χ1v) is 6.91. The molecule has 0 N–H and O–H groups in total. The first-order chi connectivity index (χ1) is 7.97. The third kappa shape index (κ3) is 3.93. The number of allylic oxidation sites excluding steroid dienone is 1. The molecule has 0 fully saturated rings. The molecule has 0 saturated heterocycles. The van der Waals surface area contributed by atoms with Gasteiger partial charge in [-0.25, -0.2) is 8.42 Å². The second-order valence-corrected chi connectivity index (χ2v) is 5.38. The van der Waals surface area contributed by atoms with Crippen LogP contribution in [0.1, 0.15) is 12.5 Å². The number of nitrogens with zero attached hydrogens (tertiary/aromatic N) is 1. The van der Waals surface area contributed by atoms with Crippen LogP contribution in [-0.4, -0.2) is 21.3 Å². The molecule has 90 valence electrons. The molecule has 1 aromatic carbocycles. The van der Waals surface area contributed by atoms with Gasteiger partial charge in [0.15, 0.2) is 9.84 Å². The molecule has 0 aromatic heterocycles. The highest BCUT2D eigenvalue weighted by Gasteiger charge is 2.09. The van der Waals surface area contributed by atoms with Crippen molar-refractivity contribution < 1.29 is 13.2 Å². The minimum atomic E-state index is -3.46. The molecular formula is C12H13NO3S. The van der Waals surface area contributed by atoms with Crippen LogP contribution in [0.2, 0.25) is 0 Å². The van der Waals surface area contributed by atoms with Crippen LogP contribution < -0.4 is 4.74 Å². The van der Waals surface area contributed by atoms with Crippen molar-refractivity contribution in [1.82, 2.24) is 0 Å². The van der Waals surface area contributed by atoms with E-state index in [1.54, 1.807) is 30.3 Å². The summed E-state index contributed by atoms with van der Waals surface area (Å²) in [6, 6.07) is 8.53. The van der Waals surface area contributed by atoms with Crippen molar-refractivity contribution in [3.63, 3.8) is 0 Å². The van der Waals surface area contributed by atoms with Crippen molar-refractivity contribution in [2.45, 2.75) is 6.92 Å². The Hall–Kier alpha value is -1.80. The lowest BCUT2D eigenvalue weighted by Crippen LogP contribution is -1.98. The molecule has 17 heavy (non-hydrogen) atoms. The van der Waals surface area contributed by atoms with Crippen LogP contribution in [0, 0.1) is 11.3 Å². The zero-order chi connectivity index (χ0) is 12.9. The Morgan fingerprint density at radius 1 is 1.41 bits per heavy atom. The molecule has 0 aliphatic rings. The van der Waals surface area contributed by atoms with E-state index >= 15 is 0 Å². The molecule has 0 aliphatic carbocycles. The Labute approximate surface area is 101 Å². The second kappa shape index (κ2) is 5.51. The molecular weight excluding hydrogens is 238 g/mol. The van der Waals surface area contributed by atoms with Crippen LogP contribution >= 0.6 is 0 Å². The summed E-state index contributed by atoms with van der Waals surface area (Å²) < 4.78 is 27.7. The van der Waals surface area contributed by atoms with Crippen molar-refractivity contribution >= 4 is 15.9 Å². The Balaban J connectivity index is 3.03. The fourth-order valence-corrected chi connectivity index (χ4v) is 1.72. The first kappa shape index (κ1) is 13.3. The molecule has 5 heteroatoms. The van der Waals surface area contributed by atoms with E-state index in [1.807, 2.05) is 6.92 Å². The Morgan fingerprint density at radius 2 is 2.00 bits per heavy atom. The summed E-state index contributed by atoms with van der Waals surface area (Å²) in [6.45, 7) is 2.45. The highest BCUT2D eigenvalue weighted by atomic mass is 32.2. The van der Waals surface area contributed by atoms with E-state index in [-0.39, 0.29) is 4.91 Å². The van der Waals surface area contributed by atoms with E-state index in [0.29, 0.717) is 17.9 Å². The molecule has 0 amide bonds. The Morgan fingerprint density at radius 3 is 2.41 bits per heavy atom. The van der Waals surface area contributed by atoms with Gasteiger partial charge < -0.3 is 4.74 Å². The Bertz CT molecular complexity index is 550. The molecule has 0 saturated carbocycles. The standard InChI is InChI=1S/C12H13NO3S/c1-3-16-11-6-4-10(5-7-11)8-12(9-13)17(2,14)15/h4-8H,3H2,1-2H3/b12-8+. The number of hydrogen-bond donors (Lipinski definition) is 0. The zero-order valence-electron chi connectivity index (χ0n) is 9.67. The van der Waals surface area contributed by atoms with Gasteiger partial charge in [-0.1, -0.05) is 12.1 Å². The lowest BCUT2D eigenvalue weighted by Gasteiger charge is -2.02. The number of sulfone groups is 1. The van der Waals surface area contributed by atoms with Crippen molar-refractivity contribution in [3.05, 3.63) is 34.7 Å². The number of ether oxygens (including phenoxy) is 1. The average Bonchev–Trinajstić information content (AvgIpc) is 2.27. The summed E-state index contributed by atoms with van der Waals surface area (Å²) in [5.74, 6) is 0.711. The lowest BCUT2D eigenvalue weighted by molar-refractivity contribution is 0.340. The van der Waals surface area contributed by atoms with E-state index in [9.17, 15) is 8.42 Å². The van der Waals surface area contributed by atoms with Crippen molar-refractivity contribution in [2.75, 3.05) is 12.9 Å². The maximum Gasteiger partial charge on any atom is 0.185 e. The fraction of sp³-hybridized carbons (Fsp3) is 0.250. The number of rotatable bonds is 4. The SMILES string of the molecule is CCOc1ccc(/C=C(\C#N)S(C)(=O)=O)cc1. The predicted molar refractivity (Wildman–Crippen MR) is 66.0 cm³/mol. The average molecular weight is 251 g/mol. The zero-order valence-corrected chi connectivity index (χ0v) is 10.5. The smallest absolute Gasteiger partial charge is 0.185 e. The van der Waals surface area contributed by atoms with E-state index in [1.165, 1.54) is 6.08 Å². The monoisotopic (exact) mass is 251 g/mol. The van der Waals surface area contributed by atoms with Gasteiger partial charge in [0.1, 0.15) is 16.7 Å². The highest BCUT2D eigenvalue weighted by Crippen LogP contribution is 2.16. The predicted octanol–water partition coefficient (Wildman–Crippen LogP) is 1.99. The largest absolute Gasteiger partial charge is 0.494 e. The van der Waals surface area contributed by atoms with Gasteiger partial charge >= 0.3 is 0 Å². The van der Waals surface area contributed by atoms with Gasteiger partial charge in [-0.3, -0.25) is 0 Å². The van der Waals surface area contributed by atoms with Crippen LogP contribution in [-0.2, 0) is 9.84 Å². The topological polar surface area (TPSA) is 67.2 Å². The minimum Gasteiger partial charge on any atom is -0.494 e. The van der Waals surface area contributed by atoms with Crippen LogP contribution in [0.25, 0.3) is 6.08 Å². The van der Waals surface area contributed by atoms with E-state index in [4.69, 9.17) is 10.00 Å². The molecule has 4 nitrogen and oxygen atoms in total. The van der Waals surface area contributed by atoms with Crippen molar-refractivity contribution in [2.24, 2.45) is 0 Å². The number of hydrogen-bond acceptors (Lipinski definition) is 4. The molecule has 1 rings (SSSR count). The molecule has 0 radical (unpaired) electrons. The van der Waals surface area contributed by atoms with E-state index in [0.717, 1.165) is 6.26 Å². The molecule has 1 aromatic rings. The van der Waals surface area contributed by atoms with Gasteiger partial charge in [0.2, 0.25) is 0 Å². The Kier molecular flexibility index (Phi) is 4.30. The minimum absolute atomic E-state index is 0.248. The molecule has 0 spiro atoms. The van der Waals surface area contributed by atoms with Crippen LogP contribution in [0.4, 0.5) is 0 Å². The maximum absolute atomic E-state index is 11.2. The first-order valence-electron chi connectivity index (χ1n) is 5.02. The van der Waals surface area contributed by atoms with Crippen molar-refractivity contribution in [1.29, 1.82) is 5.26 Å². The number of benzene rings is 1. The van der Waals surface area contributed by atoms with Gasteiger partial charge in [0, 0.05) is 6.26 Å². The fourth-order valence-electron chi connectivity index (χ4n) is 1.20. The summed E-state index contributed by atoms with van der Waals surface area (Å²) in [5, 5.41) is 8.74. The molecule has 0 aliphatic heterocycles. The second-order valence-electron chi connectivity index (χ2n) is 3.39. The lowest BCUT2D eigenvalue weighted by atomic mass is 10.2. The molecule has 0 atom stereocenters. The maximum atomic E-state index is 11.2. The van der Waals surface area contributed by atoms with Crippen LogP contribution in [0.3, 0.4) is 0 Å². The normalized spacial score (nSPS) is 11.9. The molecule has 0 unspecified atom stereocenters. The van der Waals surface area contributed by atoms with E-state index in [2.05, 4.69) is 0 Å². The number of nitriles is 1. The summed E-state index contributed by atoms with van der Waals surface area (Å²) in [4.78, 5) is -0.248. The summed E-state index contributed by atoms with van der Waals surface area (Å²) in [6.07, 6.45) is 2.35. The molecule has 0 bridgehead atoms. The van der Waals surface area contributed by atoms with Crippen LogP contribution in [0.15, 0.2) is 29.2 Å². The van der Waals surface area contributed by atoms with Gasteiger partial charge in [-0.2, -0.15) is 5.26 Å². The van der Waals surface area contributed by atoms with Gasteiger partial charge in [-0.05, 0) is 30.7 Å². The van der Waals surface area contributed by atoms with Gasteiger partial charge in [-0.15, -0.1) is 0 Å². The highest BCUT2D eigenvalue weighted by molar-refractivity contribution is 7.95. The third-order valence-corrected chi connectivity index (χ3v) is 3.01.